The number of carboxylic acid groups (broad SMARTS) is 2. The summed E-state index contributed by atoms with van der Waals surface area (Å²) >= 11 is 0. The molecule has 0 radical (unpaired) electrons. The number of carboxylic acids is 2. The number of nitrogens with zero attached hydrogens (tertiary/aromatic N) is 1. The van der Waals surface area contributed by atoms with E-state index in [0.29, 0.717) is 11.3 Å². The molecule has 39 heavy (non-hydrogen) atoms. The third kappa shape index (κ3) is 10.1. The fourth-order valence-electron chi connectivity index (χ4n) is 3.66. The molecule has 14 heteroatoms. The van der Waals surface area contributed by atoms with Gasteiger partial charge in [0.1, 0.15) is 23.9 Å². The Labute approximate surface area is 224 Å². The predicted molar refractivity (Wildman–Crippen MR) is 137 cm³/mol. The summed E-state index contributed by atoms with van der Waals surface area (Å²) in [5, 5.41) is 35.4. The highest BCUT2D eigenvalue weighted by Gasteiger charge is 2.31. The van der Waals surface area contributed by atoms with E-state index >= 15 is 0 Å². The second kappa shape index (κ2) is 14.5. The number of rotatable bonds is 15. The zero-order valence-corrected chi connectivity index (χ0v) is 21.6. The molecule has 0 aliphatic carbocycles. The zero-order chi connectivity index (χ0) is 29.1. The number of carbonyl (C=O) groups is 5. The van der Waals surface area contributed by atoms with E-state index in [1.54, 1.807) is 26.0 Å². The van der Waals surface area contributed by atoms with E-state index in [1.165, 1.54) is 24.7 Å². The van der Waals surface area contributed by atoms with Crippen molar-refractivity contribution in [3.8, 4) is 5.75 Å². The lowest BCUT2D eigenvalue weighted by Crippen LogP contribution is -2.58. The molecule has 0 aliphatic rings. The highest BCUT2D eigenvalue weighted by Crippen LogP contribution is 2.12. The van der Waals surface area contributed by atoms with Crippen molar-refractivity contribution in [2.75, 3.05) is 0 Å². The molecule has 2 aromatic rings. The summed E-state index contributed by atoms with van der Waals surface area (Å²) in [6.45, 7) is 3.17. The van der Waals surface area contributed by atoms with E-state index < -0.39 is 66.2 Å². The first-order valence-electron chi connectivity index (χ1n) is 12.2. The largest absolute Gasteiger partial charge is 0.508 e. The van der Waals surface area contributed by atoms with Crippen molar-refractivity contribution in [1.82, 2.24) is 25.9 Å². The van der Waals surface area contributed by atoms with Crippen LogP contribution in [-0.2, 0) is 36.8 Å². The zero-order valence-electron chi connectivity index (χ0n) is 21.6. The molecule has 0 saturated carbocycles. The summed E-state index contributed by atoms with van der Waals surface area (Å²) in [6, 6.07) is 0.933. The topological polar surface area (TPSA) is 237 Å². The van der Waals surface area contributed by atoms with Gasteiger partial charge in [0, 0.05) is 31.2 Å². The van der Waals surface area contributed by atoms with Crippen molar-refractivity contribution in [3.05, 3.63) is 48.0 Å². The third-order valence-corrected chi connectivity index (χ3v) is 5.85. The minimum atomic E-state index is -1.40. The van der Waals surface area contributed by atoms with E-state index in [2.05, 4.69) is 25.9 Å². The van der Waals surface area contributed by atoms with Gasteiger partial charge in [-0.05, 0) is 30.0 Å². The van der Waals surface area contributed by atoms with E-state index in [4.69, 9.17) is 10.8 Å². The lowest BCUT2D eigenvalue weighted by Gasteiger charge is -2.26. The number of hydrogen-bond acceptors (Lipinski definition) is 8. The number of aromatic amines is 1. The Kier molecular flexibility index (Phi) is 11.4. The van der Waals surface area contributed by atoms with Gasteiger partial charge in [-0.1, -0.05) is 26.0 Å². The number of phenols is 1. The number of imidazole rings is 1. The Bertz CT molecular complexity index is 1140. The lowest BCUT2D eigenvalue weighted by atomic mass is 10.0. The lowest BCUT2D eigenvalue weighted by molar-refractivity contribution is -0.144. The summed E-state index contributed by atoms with van der Waals surface area (Å²) < 4.78 is 0. The van der Waals surface area contributed by atoms with Crippen LogP contribution in [0.4, 0.5) is 0 Å². The molecule has 0 fully saturated rings. The minimum Gasteiger partial charge on any atom is -0.508 e. The van der Waals surface area contributed by atoms with Crippen molar-refractivity contribution >= 4 is 29.7 Å². The maximum atomic E-state index is 13.3. The van der Waals surface area contributed by atoms with Gasteiger partial charge in [0.05, 0.1) is 12.4 Å². The maximum absolute atomic E-state index is 13.3. The van der Waals surface area contributed by atoms with Crippen LogP contribution in [0.3, 0.4) is 0 Å². The van der Waals surface area contributed by atoms with Gasteiger partial charge >= 0.3 is 11.9 Å². The number of hydrogen-bond donors (Lipinski definition) is 8. The molecular weight excluding hydrogens is 512 g/mol. The number of aliphatic carboxylic acids is 2. The summed E-state index contributed by atoms with van der Waals surface area (Å²) in [5.41, 5.74) is 7.16. The number of amides is 3. The summed E-state index contributed by atoms with van der Waals surface area (Å²) in [6.07, 6.45) is 2.18. The molecule has 4 atom stereocenters. The normalized spacial score (nSPS) is 14.1. The van der Waals surface area contributed by atoms with Crippen molar-refractivity contribution in [2.45, 2.75) is 63.7 Å². The molecule has 1 aromatic carbocycles. The van der Waals surface area contributed by atoms with Crippen LogP contribution in [0, 0.1) is 5.92 Å². The number of H-pyrrole nitrogens is 1. The number of nitrogens with one attached hydrogen (secondary N) is 4. The number of aromatic nitrogens is 2. The molecule has 0 spiro atoms. The smallest absolute Gasteiger partial charge is 0.326 e. The third-order valence-electron chi connectivity index (χ3n) is 5.85. The molecule has 1 aromatic heterocycles. The van der Waals surface area contributed by atoms with Crippen molar-refractivity contribution in [2.24, 2.45) is 11.7 Å². The molecule has 0 saturated heterocycles. The van der Waals surface area contributed by atoms with Crippen LogP contribution in [-0.4, -0.2) is 79.1 Å². The minimum absolute atomic E-state index is 0.00564. The number of phenolic OH excluding ortho intramolecular Hbond substituents is 1. The number of carbonyl (C=O) groups excluding carboxylic acids is 3. The van der Waals surface area contributed by atoms with Crippen LogP contribution < -0.4 is 21.7 Å². The second-order valence-corrected chi connectivity index (χ2v) is 9.38. The Morgan fingerprint density at radius 1 is 0.923 bits per heavy atom. The molecule has 14 nitrogen and oxygen atoms in total. The van der Waals surface area contributed by atoms with Gasteiger partial charge in [0.25, 0.3) is 0 Å². The van der Waals surface area contributed by atoms with E-state index in [1.807, 2.05) is 0 Å². The average molecular weight is 547 g/mol. The number of nitrogens with two attached hydrogens (primary N) is 1. The number of aromatic hydroxyl groups is 1. The fourth-order valence-corrected chi connectivity index (χ4v) is 3.66. The Balaban J connectivity index is 2.24. The van der Waals surface area contributed by atoms with Gasteiger partial charge < -0.3 is 42.0 Å². The van der Waals surface area contributed by atoms with Crippen LogP contribution in [0.2, 0.25) is 0 Å². The molecule has 2 rings (SSSR count). The van der Waals surface area contributed by atoms with Crippen molar-refractivity contribution in [1.29, 1.82) is 0 Å². The van der Waals surface area contributed by atoms with Gasteiger partial charge in [-0.25, -0.2) is 9.78 Å². The summed E-state index contributed by atoms with van der Waals surface area (Å²) in [5.74, 6) is -5.36. The molecule has 9 N–H and O–H groups in total. The SMILES string of the molecule is CC(C)C(NC(=O)C(CCC(=O)O)NC(=O)C(Cc1ccc(O)cc1)NC(=O)C(N)Cc1cnc[nH]1)C(=O)O. The monoisotopic (exact) mass is 546 g/mol. The van der Waals surface area contributed by atoms with Gasteiger partial charge in [-0.2, -0.15) is 0 Å². The Morgan fingerprint density at radius 3 is 2.08 bits per heavy atom. The van der Waals surface area contributed by atoms with E-state index in [9.17, 15) is 34.2 Å². The first kappa shape index (κ1) is 30.8. The molecule has 3 amide bonds. The molecule has 212 valence electrons. The quantitative estimate of drug-likeness (QED) is 0.140. The Morgan fingerprint density at radius 2 is 1.54 bits per heavy atom. The molecular formula is C25H34N6O8. The van der Waals surface area contributed by atoms with Crippen molar-refractivity contribution in [3.63, 3.8) is 0 Å². The molecule has 0 aliphatic heterocycles. The fraction of sp³-hybridized carbons (Fsp3) is 0.440. The molecule has 0 bridgehead atoms. The van der Waals surface area contributed by atoms with Gasteiger partial charge in [-0.15, -0.1) is 0 Å². The Hall–Kier alpha value is -4.46. The first-order chi connectivity index (χ1) is 18.4. The average Bonchev–Trinajstić information content (AvgIpc) is 3.38. The van der Waals surface area contributed by atoms with Gasteiger partial charge in [-0.3, -0.25) is 19.2 Å². The molecule has 4 unspecified atom stereocenters. The highest BCUT2D eigenvalue weighted by atomic mass is 16.4. The highest BCUT2D eigenvalue weighted by molar-refractivity contribution is 5.94. The first-order valence-corrected chi connectivity index (χ1v) is 12.2. The van der Waals surface area contributed by atoms with Crippen LogP contribution >= 0.6 is 0 Å². The van der Waals surface area contributed by atoms with Crippen molar-refractivity contribution < 1.29 is 39.3 Å². The predicted octanol–water partition coefficient (Wildman–Crippen LogP) is -0.712. The summed E-state index contributed by atoms with van der Waals surface area (Å²) in [7, 11) is 0. The van der Waals surface area contributed by atoms with E-state index in [-0.39, 0.29) is 25.0 Å². The van der Waals surface area contributed by atoms with Crippen LogP contribution in [0.15, 0.2) is 36.8 Å². The van der Waals surface area contributed by atoms with Gasteiger partial charge in [0.15, 0.2) is 0 Å². The van der Waals surface area contributed by atoms with Crippen LogP contribution in [0.1, 0.15) is 37.9 Å². The summed E-state index contributed by atoms with van der Waals surface area (Å²) in [4.78, 5) is 68.5. The second-order valence-electron chi connectivity index (χ2n) is 9.38. The standard InChI is InChI=1S/C25H34N6O8/c1-13(2)21(25(38)39)31-23(36)18(7-8-20(33)34)29-24(37)19(9-14-3-5-16(32)6-4-14)30-22(35)17(26)10-15-11-27-12-28-15/h3-6,11-13,17-19,21,32H,7-10,26H2,1-2H3,(H,27,28)(H,29,37)(H,30,35)(H,31,36)(H,33,34)(H,38,39). The number of benzene rings is 1. The van der Waals surface area contributed by atoms with E-state index in [0.717, 1.165) is 0 Å². The van der Waals surface area contributed by atoms with Crippen LogP contribution in [0.5, 0.6) is 5.75 Å². The maximum Gasteiger partial charge on any atom is 0.326 e. The van der Waals surface area contributed by atoms with Gasteiger partial charge in [0.2, 0.25) is 17.7 Å². The molecule has 1 heterocycles. The van der Waals surface area contributed by atoms with Crippen LogP contribution in [0.25, 0.3) is 0 Å².